The number of carbonyl (C=O) groups excluding carboxylic acids is 1. The Morgan fingerprint density at radius 1 is 1.48 bits per heavy atom. The number of aromatic nitrogens is 2. The van der Waals surface area contributed by atoms with Gasteiger partial charge in [-0.15, -0.1) is 0 Å². The smallest absolute Gasteiger partial charge is 0.247 e. The first-order chi connectivity index (χ1) is 11.1. The molecule has 0 saturated carbocycles. The predicted molar refractivity (Wildman–Crippen MR) is 93.1 cm³/mol. The van der Waals surface area contributed by atoms with Crippen LogP contribution < -0.4 is 10.6 Å². The van der Waals surface area contributed by atoms with Crippen molar-refractivity contribution in [2.45, 2.75) is 6.54 Å². The largest absolute Gasteiger partial charge is 0.323 e. The van der Waals surface area contributed by atoms with Crippen molar-refractivity contribution in [3.63, 3.8) is 0 Å². The number of aromatic amines is 1. The first-order valence-electron chi connectivity index (χ1n) is 7.53. The van der Waals surface area contributed by atoms with E-state index in [-0.39, 0.29) is 5.91 Å². The molecule has 0 unspecified atom stereocenters. The number of nitrogens with one attached hydrogen (secondary N) is 3. The number of hydrogen-bond acceptors (Lipinski definition) is 4. The van der Waals surface area contributed by atoms with E-state index < -0.39 is 0 Å². The van der Waals surface area contributed by atoms with E-state index in [9.17, 15) is 4.79 Å². The molecule has 6 nitrogen and oxygen atoms in total. The third kappa shape index (κ3) is 4.77. The molecule has 6 heteroatoms. The number of H-pyrrole nitrogens is 1. The van der Waals surface area contributed by atoms with Crippen molar-refractivity contribution in [1.82, 2.24) is 20.4 Å². The first kappa shape index (κ1) is 16.9. The van der Waals surface area contributed by atoms with Crippen molar-refractivity contribution in [2.75, 3.05) is 32.5 Å². The lowest BCUT2D eigenvalue weighted by atomic mass is 10.1. The van der Waals surface area contributed by atoms with Crippen LogP contribution in [0.15, 0.2) is 43.1 Å². The van der Waals surface area contributed by atoms with Gasteiger partial charge in [-0.1, -0.05) is 18.7 Å². The van der Waals surface area contributed by atoms with Gasteiger partial charge in [0.1, 0.15) is 0 Å². The SMILES string of the molecule is C=CC(=O)Nc1cccc(-c2[nH]ncc2CN(C)CCNC)c1. The Morgan fingerprint density at radius 2 is 2.30 bits per heavy atom. The number of benzene rings is 1. The monoisotopic (exact) mass is 313 g/mol. The van der Waals surface area contributed by atoms with E-state index in [1.165, 1.54) is 6.08 Å². The molecule has 23 heavy (non-hydrogen) atoms. The third-order valence-electron chi connectivity index (χ3n) is 3.51. The van der Waals surface area contributed by atoms with Crippen molar-refractivity contribution in [1.29, 1.82) is 0 Å². The second kappa shape index (κ2) is 8.26. The van der Waals surface area contributed by atoms with Crippen LogP contribution in [-0.2, 0) is 11.3 Å². The molecule has 1 aromatic heterocycles. The number of amides is 1. The topological polar surface area (TPSA) is 73.0 Å². The fourth-order valence-electron chi connectivity index (χ4n) is 2.30. The lowest BCUT2D eigenvalue weighted by Crippen LogP contribution is -2.26. The van der Waals surface area contributed by atoms with E-state index in [4.69, 9.17) is 0 Å². The van der Waals surface area contributed by atoms with Gasteiger partial charge in [0.2, 0.25) is 5.91 Å². The molecule has 0 bridgehead atoms. The van der Waals surface area contributed by atoms with Crippen LogP contribution in [0.25, 0.3) is 11.3 Å². The summed E-state index contributed by atoms with van der Waals surface area (Å²) in [5.74, 6) is -0.223. The van der Waals surface area contributed by atoms with Crippen LogP contribution in [0.5, 0.6) is 0 Å². The summed E-state index contributed by atoms with van der Waals surface area (Å²) >= 11 is 0. The Bertz CT molecular complexity index is 665. The number of hydrogen-bond donors (Lipinski definition) is 3. The van der Waals surface area contributed by atoms with Gasteiger partial charge in [0.05, 0.1) is 11.9 Å². The van der Waals surface area contributed by atoms with Gasteiger partial charge in [-0.3, -0.25) is 9.89 Å². The summed E-state index contributed by atoms with van der Waals surface area (Å²) in [4.78, 5) is 13.7. The van der Waals surface area contributed by atoms with Gasteiger partial charge in [0.15, 0.2) is 0 Å². The molecule has 0 radical (unpaired) electrons. The van der Waals surface area contributed by atoms with E-state index in [1.807, 2.05) is 37.5 Å². The summed E-state index contributed by atoms with van der Waals surface area (Å²) in [7, 11) is 4.02. The number of rotatable bonds is 8. The van der Waals surface area contributed by atoms with E-state index in [2.05, 4.69) is 39.4 Å². The van der Waals surface area contributed by atoms with Crippen molar-refractivity contribution in [2.24, 2.45) is 0 Å². The highest BCUT2D eigenvalue weighted by atomic mass is 16.1. The Morgan fingerprint density at radius 3 is 3.04 bits per heavy atom. The summed E-state index contributed by atoms with van der Waals surface area (Å²) < 4.78 is 0. The van der Waals surface area contributed by atoms with Gasteiger partial charge in [-0.25, -0.2) is 0 Å². The van der Waals surface area contributed by atoms with Crippen LogP contribution in [0, 0.1) is 0 Å². The average molecular weight is 313 g/mol. The summed E-state index contributed by atoms with van der Waals surface area (Å²) in [6.07, 6.45) is 3.10. The van der Waals surface area contributed by atoms with Crippen LogP contribution in [0.2, 0.25) is 0 Å². The molecule has 1 heterocycles. The van der Waals surface area contributed by atoms with Crippen molar-refractivity contribution >= 4 is 11.6 Å². The Hall–Kier alpha value is -2.44. The highest BCUT2D eigenvalue weighted by molar-refractivity contribution is 5.99. The fraction of sp³-hybridized carbons (Fsp3) is 0.294. The zero-order valence-corrected chi connectivity index (χ0v) is 13.6. The van der Waals surface area contributed by atoms with Crippen LogP contribution in [0.1, 0.15) is 5.56 Å². The lowest BCUT2D eigenvalue weighted by molar-refractivity contribution is -0.111. The normalized spacial score (nSPS) is 10.7. The minimum absolute atomic E-state index is 0.223. The summed E-state index contributed by atoms with van der Waals surface area (Å²) in [6, 6.07) is 7.67. The van der Waals surface area contributed by atoms with Gasteiger partial charge in [-0.05, 0) is 32.3 Å². The maximum atomic E-state index is 11.4. The van der Waals surface area contributed by atoms with Crippen LogP contribution in [0.3, 0.4) is 0 Å². The molecular formula is C17H23N5O. The maximum absolute atomic E-state index is 11.4. The van der Waals surface area contributed by atoms with E-state index in [0.29, 0.717) is 0 Å². The van der Waals surface area contributed by atoms with Gasteiger partial charge in [0, 0.05) is 36.4 Å². The molecule has 0 aliphatic carbocycles. The van der Waals surface area contributed by atoms with Crippen molar-refractivity contribution < 1.29 is 4.79 Å². The molecular weight excluding hydrogens is 290 g/mol. The Labute approximate surface area is 136 Å². The number of nitrogens with zero attached hydrogens (tertiary/aromatic N) is 2. The molecule has 0 spiro atoms. The highest BCUT2D eigenvalue weighted by Crippen LogP contribution is 2.24. The quantitative estimate of drug-likeness (QED) is 0.650. The van der Waals surface area contributed by atoms with Crippen molar-refractivity contribution in [3.8, 4) is 11.3 Å². The molecule has 2 aromatic rings. The molecule has 2 rings (SSSR count). The van der Waals surface area contributed by atoms with Crippen LogP contribution in [0.4, 0.5) is 5.69 Å². The average Bonchev–Trinajstić information content (AvgIpc) is 3.01. The van der Waals surface area contributed by atoms with Gasteiger partial charge in [0.25, 0.3) is 0 Å². The molecule has 0 saturated heterocycles. The zero-order chi connectivity index (χ0) is 16.7. The van der Waals surface area contributed by atoms with Gasteiger partial charge in [-0.2, -0.15) is 5.10 Å². The predicted octanol–water partition coefficient (Wildman–Crippen LogP) is 1.85. The van der Waals surface area contributed by atoms with E-state index in [1.54, 1.807) is 0 Å². The minimum atomic E-state index is -0.223. The molecule has 0 aliphatic heterocycles. The van der Waals surface area contributed by atoms with E-state index in [0.717, 1.165) is 42.1 Å². The minimum Gasteiger partial charge on any atom is -0.323 e. The lowest BCUT2D eigenvalue weighted by Gasteiger charge is -2.16. The second-order valence-electron chi connectivity index (χ2n) is 5.39. The third-order valence-corrected chi connectivity index (χ3v) is 3.51. The zero-order valence-electron chi connectivity index (χ0n) is 13.6. The second-order valence-corrected chi connectivity index (χ2v) is 5.39. The summed E-state index contributed by atoms with van der Waals surface area (Å²) in [6.45, 7) is 6.16. The molecule has 0 atom stereocenters. The maximum Gasteiger partial charge on any atom is 0.247 e. The van der Waals surface area contributed by atoms with Gasteiger partial charge >= 0.3 is 0 Å². The molecule has 3 N–H and O–H groups in total. The molecule has 1 amide bonds. The Kier molecular flexibility index (Phi) is 6.08. The number of likely N-dealkylation sites (N-methyl/N-ethyl adjacent to an activating group) is 2. The van der Waals surface area contributed by atoms with Gasteiger partial charge < -0.3 is 15.5 Å². The molecule has 0 fully saturated rings. The summed E-state index contributed by atoms with van der Waals surface area (Å²) in [5, 5.41) is 13.1. The number of anilines is 1. The highest BCUT2D eigenvalue weighted by Gasteiger charge is 2.10. The summed E-state index contributed by atoms with van der Waals surface area (Å²) in [5.41, 5.74) is 3.81. The van der Waals surface area contributed by atoms with Crippen LogP contribution >= 0.6 is 0 Å². The molecule has 0 aliphatic rings. The van der Waals surface area contributed by atoms with E-state index >= 15 is 0 Å². The fourth-order valence-corrected chi connectivity index (χ4v) is 2.30. The number of carbonyl (C=O) groups is 1. The first-order valence-corrected chi connectivity index (χ1v) is 7.53. The Balaban J connectivity index is 2.16. The van der Waals surface area contributed by atoms with Crippen LogP contribution in [-0.4, -0.2) is 48.2 Å². The molecule has 1 aromatic carbocycles. The van der Waals surface area contributed by atoms with Crippen molar-refractivity contribution in [3.05, 3.63) is 48.7 Å². The standard InChI is InChI=1S/C17H23N5O/c1-4-16(23)20-15-7-5-6-13(10-15)17-14(11-19-21-17)12-22(3)9-8-18-2/h4-7,10-11,18H,1,8-9,12H2,2-3H3,(H,19,21)(H,20,23). The molecule has 122 valence electrons.